The zero-order valence-electron chi connectivity index (χ0n) is 14.4. The van der Waals surface area contributed by atoms with Gasteiger partial charge in [-0.1, -0.05) is 12.1 Å². The fourth-order valence-electron chi connectivity index (χ4n) is 2.56. The Bertz CT molecular complexity index is 589. The number of nitrogens with zero attached hydrogens (tertiary/aromatic N) is 1. The van der Waals surface area contributed by atoms with Gasteiger partial charge in [-0.05, 0) is 50.8 Å². The summed E-state index contributed by atoms with van der Waals surface area (Å²) in [6.45, 7) is 4.60. The Labute approximate surface area is 163 Å². The van der Waals surface area contributed by atoms with Crippen molar-refractivity contribution in [2.24, 2.45) is 4.99 Å². The normalized spacial score (nSPS) is 17.9. The molecule has 1 atom stereocenters. The molecule has 4 nitrogen and oxygen atoms in total. The van der Waals surface area contributed by atoms with E-state index >= 15 is 0 Å². The third kappa shape index (κ3) is 6.32. The van der Waals surface area contributed by atoms with Crippen molar-refractivity contribution in [3.63, 3.8) is 0 Å². The fraction of sp³-hybridized carbons (Fsp3) is 0.588. The number of rotatable bonds is 5. The van der Waals surface area contributed by atoms with Gasteiger partial charge < -0.3 is 15.7 Å². The van der Waals surface area contributed by atoms with E-state index in [4.69, 9.17) is 0 Å². The predicted molar refractivity (Wildman–Crippen MR) is 103 cm³/mol. The van der Waals surface area contributed by atoms with Gasteiger partial charge in [0.1, 0.15) is 0 Å². The molecular weight excluding hydrogens is 446 g/mol. The first kappa shape index (κ1) is 22.0. The van der Waals surface area contributed by atoms with Gasteiger partial charge in [-0.3, -0.25) is 4.99 Å². The van der Waals surface area contributed by atoms with Crippen LogP contribution in [-0.4, -0.2) is 29.8 Å². The van der Waals surface area contributed by atoms with Gasteiger partial charge in [-0.2, -0.15) is 13.2 Å². The average molecular weight is 471 g/mol. The quantitative estimate of drug-likeness (QED) is 0.348. The highest BCUT2D eigenvalue weighted by Crippen LogP contribution is 2.32. The van der Waals surface area contributed by atoms with Gasteiger partial charge >= 0.3 is 6.18 Å². The molecule has 0 aliphatic heterocycles. The topological polar surface area (TPSA) is 56.7 Å². The third-order valence-electron chi connectivity index (χ3n) is 4.23. The molecule has 2 rings (SSSR count). The van der Waals surface area contributed by atoms with Crippen LogP contribution in [-0.2, 0) is 6.18 Å². The Hall–Kier alpha value is -1.03. The molecule has 1 aliphatic carbocycles. The molecule has 0 aromatic heterocycles. The minimum atomic E-state index is -4.36. The summed E-state index contributed by atoms with van der Waals surface area (Å²) in [5.41, 5.74) is -0.876. The van der Waals surface area contributed by atoms with E-state index in [1.807, 2.05) is 6.92 Å². The van der Waals surface area contributed by atoms with E-state index in [1.54, 1.807) is 13.0 Å². The van der Waals surface area contributed by atoms with Crippen LogP contribution in [0.1, 0.15) is 50.3 Å². The van der Waals surface area contributed by atoms with Crippen LogP contribution in [0.4, 0.5) is 13.2 Å². The van der Waals surface area contributed by atoms with Crippen molar-refractivity contribution in [3.05, 3.63) is 35.4 Å². The van der Waals surface area contributed by atoms with E-state index in [1.165, 1.54) is 6.07 Å². The minimum absolute atomic E-state index is 0. The van der Waals surface area contributed by atoms with Crippen LogP contribution in [0.5, 0.6) is 0 Å². The summed E-state index contributed by atoms with van der Waals surface area (Å²) in [7, 11) is 0. The molecule has 8 heteroatoms. The zero-order valence-corrected chi connectivity index (χ0v) is 16.7. The Morgan fingerprint density at radius 1 is 1.36 bits per heavy atom. The van der Waals surface area contributed by atoms with Crippen molar-refractivity contribution in [1.29, 1.82) is 0 Å². The first-order valence-electron chi connectivity index (χ1n) is 8.18. The second kappa shape index (κ2) is 9.07. The second-order valence-electron chi connectivity index (χ2n) is 6.26. The Morgan fingerprint density at radius 2 is 2.04 bits per heavy atom. The molecule has 1 aromatic carbocycles. The van der Waals surface area contributed by atoms with Gasteiger partial charge in [0, 0.05) is 6.54 Å². The monoisotopic (exact) mass is 471 g/mol. The summed E-state index contributed by atoms with van der Waals surface area (Å²) in [4.78, 5) is 4.37. The standard InChI is InChI=1S/C17H24F3N3O.HI/c1-3-21-15(22-11-16(24)8-5-9-16)23-12(2)13-6-4-7-14(10-13)17(18,19)20;/h4,6-7,10,12,24H,3,5,8-9,11H2,1-2H3,(H2,21,22,23);1H. The SMILES string of the molecule is CCNC(=NCC1(O)CCC1)NC(C)c1cccc(C(F)(F)F)c1.I. The summed E-state index contributed by atoms with van der Waals surface area (Å²) >= 11 is 0. The van der Waals surface area contributed by atoms with Gasteiger partial charge in [0.25, 0.3) is 0 Å². The van der Waals surface area contributed by atoms with Crippen molar-refractivity contribution in [1.82, 2.24) is 10.6 Å². The van der Waals surface area contributed by atoms with Gasteiger partial charge in [-0.15, -0.1) is 24.0 Å². The van der Waals surface area contributed by atoms with Crippen LogP contribution >= 0.6 is 24.0 Å². The molecule has 25 heavy (non-hydrogen) atoms. The second-order valence-corrected chi connectivity index (χ2v) is 6.26. The molecule has 142 valence electrons. The molecule has 1 aliphatic rings. The van der Waals surface area contributed by atoms with E-state index in [9.17, 15) is 18.3 Å². The van der Waals surface area contributed by atoms with E-state index in [2.05, 4.69) is 15.6 Å². The number of halogens is 4. The van der Waals surface area contributed by atoms with Crippen molar-refractivity contribution < 1.29 is 18.3 Å². The first-order valence-corrected chi connectivity index (χ1v) is 8.18. The lowest BCUT2D eigenvalue weighted by atomic mass is 9.80. The van der Waals surface area contributed by atoms with Gasteiger partial charge in [0.05, 0.1) is 23.8 Å². The maximum absolute atomic E-state index is 12.8. The number of aliphatic imine (C=N–C) groups is 1. The molecule has 1 unspecified atom stereocenters. The fourth-order valence-corrected chi connectivity index (χ4v) is 2.56. The van der Waals surface area contributed by atoms with Crippen LogP contribution in [0.2, 0.25) is 0 Å². The summed E-state index contributed by atoms with van der Waals surface area (Å²) in [6.07, 6.45) is -1.89. The van der Waals surface area contributed by atoms with Gasteiger partial charge in [0.2, 0.25) is 0 Å². The summed E-state index contributed by atoms with van der Waals surface area (Å²) in [6, 6.07) is 4.90. The van der Waals surface area contributed by atoms with Crippen molar-refractivity contribution in [2.75, 3.05) is 13.1 Å². The van der Waals surface area contributed by atoms with E-state index in [0.29, 0.717) is 18.1 Å². The van der Waals surface area contributed by atoms with E-state index in [-0.39, 0.29) is 36.6 Å². The summed E-state index contributed by atoms with van der Waals surface area (Å²) in [5.74, 6) is 0.489. The van der Waals surface area contributed by atoms with Crippen molar-refractivity contribution in [2.45, 2.75) is 50.9 Å². The summed E-state index contributed by atoms with van der Waals surface area (Å²) < 4.78 is 38.5. The predicted octanol–water partition coefficient (Wildman–Crippen LogP) is 3.85. The number of alkyl halides is 3. The highest BCUT2D eigenvalue weighted by Gasteiger charge is 2.34. The van der Waals surface area contributed by atoms with Gasteiger partial charge in [-0.25, -0.2) is 0 Å². The van der Waals surface area contributed by atoms with Crippen LogP contribution in [0.3, 0.4) is 0 Å². The molecule has 0 bridgehead atoms. The molecule has 0 spiro atoms. The van der Waals surface area contributed by atoms with Gasteiger partial charge in [0.15, 0.2) is 5.96 Å². The lowest BCUT2D eigenvalue weighted by Crippen LogP contribution is -2.43. The lowest BCUT2D eigenvalue weighted by molar-refractivity contribution is -0.137. The molecule has 0 radical (unpaired) electrons. The summed E-state index contributed by atoms with van der Waals surface area (Å²) in [5, 5.41) is 16.3. The highest BCUT2D eigenvalue weighted by molar-refractivity contribution is 14.0. The molecular formula is C17H25F3IN3O. The molecule has 3 N–H and O–H groups in total. The van der Waals surface area contributed by atoms with Crippen molar-refractivity contribution in [3.8, 4) is 0 Å². The Morgan fingerprint density at radius 3 is 2.56 bits per heavy atom. The minimum Gasteiger partial charge on any atom is -0.388 e. The first-order chi connectivity index (χ1) is 11.2. The maximum Gasteiger partial charge on any atom is 0.416 e. The number of guanidine groups is 1. The smallest absolute Gasteiger partial charge is 0.388 e. The zero-order chi connectivity index (χ0) is 17.8. The van der Waals surface area contributed by atoms with Crippen LogP contribution in [0.25, 0.3) is 0 Å². The average Bonchev–Trinajstić information content (AvgIpc) is 2.50. The number of hydrogen-bond donors (Lipinski definition) is 3. The molecule has 1 saturated carbocycles. The maximum atomic E-state index is 12.8. The van der Waals surface area contributed by atoms with Crippen LogP contribution < -0.4 is 10.6 Å². The number of nitrogens with one attached hydrogen (secondary N) is 2. The molecule has 1 fully saturated rings. The number of hydrogen-bond acceptors (Lipinski definition) is 2. The van der Waals surface area contributed by atoms with Crippen molar-refractivity contribution >= 4 is 29.9 Å². The molecule has 1 aromatic rings. The third-order valence-corrected chi connectivity index (χ3v) is 4.23. The Balaban J connectivity index is 0.00000312. The Kier molecular flexibility index (Phi) is 7.98. The number of benzene rings is 1. The van der Waals surface area contributed by atoms with E-state index < -0.39 is 17.3 Å². The van der Waals surface area contributed by atoms with Crippen LogP contribution in [0, 0.1) is 0 Å². The lowest BCUT2D eigenvalue weighted by Gasteiger charge is -2.35. The molecule has 0 amide bonds. The largest absolute Gasteiger partial charge is 0.416 e. The molecule has 0 saturated heterocycles. The molecule has 0 heterocycles. The van der Waals surface area contributed by atoms with Crippen LogP contribution in [0.15, 0.2) is 29.3 Å². The highest BCUT2D eigenvalue weighted by atomic mass is 127. The number of aliphatic hydroxyl groups is 1. The van der Waals surface area contributed by atoms with E-state index in [0.717, 1.165) is 31.4 Å².